The van der Waals surface area contributed by atoms with Crippen molar-refractivity contribution in [2.45, 2.75) is 43.8 Å². The van der Waals surface area contributed by atoms with Crippen LogP contribution in [0.25, 0.3) is 10.9 Å². The third-order valence-electron chi connectivity index (χ3n) is 6.88. The Morgan fingerprint density at radius 1 is 1.24 bits per heavy atom. The molecule has 34 heavy (non-hydrogen) atoms. The molecule has 2 atom stereocenters. The van der Waals surface area contributed by atoms with Crippen LogP contribution in [0, 0.1) is 5.41 Å². The summed E-state index contributed by atoms with van der Waals surface area (Å²) < 4.78 is 41.7. The highest BCUT2D eigenvalue weighted by Gasteiger charge is 2.67. The number of fused-ring (bicyclic) bond motifs is 1. The molecule has 0 saturated heterocycles. The first-order valence-electron chi connectivity index (χ1n) is 11.1. The molecule has 2 heterocycles. The molecule has 2 aromatic heterocycles. The summed E-state index contributed by atoms with van der Waals surface area (Å²) in [7, 11) is 3.79. The van der Waals surface area contributed by atoms with Crippen molar-refractivity contribution in [1.29, 1.82) is 0 Å². The number of nitrogens with one attached hydrogen (secondary N) is 2. The second-order valence-electron chi connectivity index (χ2n) is 9.19. The number of benzene rings is 1. The lowest BCUT2D eigenvalue weighted by Crippen LogP contribution is -2.42. The summed E-state index contributed by atoms with van der Waals surface area (Å²) in [5, 5.41) is 11.2. The van der Waals surface area contributed by atoms with Crippen molar-refractivity contribution in [3.8, 4) is 0 Å². The van der Waals surface area contributed by atoms with Gasteiger partial charge in [0.15, 0.2) is 0 Å². The predicted octanol–water partition coefficient (Wildman–Crippen LogP) is 4.72. The number of aromatic nitrogens is 3. The molecule has 0 radical (unpaired) electrons. The van der Waals surface area contributed by atoms with E-state index in [-0.39, 0.29) is 31.8 Å². The van der Waals surface area contributed by atoms with Crippen LogP contribution in [0.2, 0.25) is 5.02 Å². The Morgan fingerprint density at radius 2 is 1.94 bits per heavy atom. The minimum Gasteiger partial charge on any atom is -0.355 e. The number of likely N-dealkylation sites (N-methyl/N-ethyl adjacent to an activating group) is 1. The average molecular weight is 494 g/mol. The van der Waals surface area contributed by atoms with Crippen LogP contribution < -0.4 is 5.32 Å². The van der Waals surface area contributed by atoms with Gasteiger partial charge in [0.05, 0.1) is 22.2 Å². The zero-order valence-electron chi connectivity index (χ0n) is 19.0. The van der Waals surface area contributed by atoms with Crippen LogP contribution in [0.15, 0.2) is 42.9 Å². The molecular formula is C24H27ClF3N5O. The molecule has 0 bridgehead atoms. The van der Waals surface area contributed by atoms with Gasteiger partial charge in [-0.2, -0.15) is 18.3 Å². The maximum Gasteiger partial charge on any atom is 0.395 e. The minimum atomic E-state index is -4.37. The largest absolute Gasteiger partial charge is 0.395 e. The molecule has 0 spiro atoms. The first-order valence-corrected chi connectivity index (χ1v) is 11.5. The van der Waals surface area contributed by atoms with Gasteiger partial charge in [-0.1, -0.05) is 17.7 Å². The molecule has 1 saturated carbocycles. The second kappa shape index (κ2) is 9.54. The summed E-state index contributed by atoms with van der Waals surface area (Å²) in [5.41, 5.74) is 0.390. The highest BCUT2D eigenvalue weighted by atomic mass is 35.5. The van der Waals surface area contributed by atoms with Gasteiger partial charge < -0.3 is 10.2 Å². The van der Waals surface area contributed by atoms with E-state index in [0.29, 0.717) is 17.0 Å². The topological polar surface area (TPSA) is 73.9 Å². The van der Waals surface area contributed by atoms with E-state index in [1.54, 1.807) is 18.3 Å². The number of H-pyrrole nitrogens is 1. The SMILES string of the molecule is CN(C)[C@H](CNC(=O)C[C@@H](c1ccncc1)C1(C(F)(F)F)CC1)Cc1ccc2[nH]ncc2c1Cl. The molecule has 6 nitrogen and oxygen atoms in total. The molecule has 182 valence electrons. The van der Waals surface area contributed by atoms with Gasteiger partial charge in [-0.3, -0.25) is 14.9 Å². The van der Waals surface area contributed by atoms with Gasteiger partial charge in [0.2, 0.25) is 5.91 Å². The van der Waals surface area contributed by atoms with Crippen molar-refractivity contribution in [2.75, 3.05) is 20.6 Å². The van der Waals surface area contributed by atoms with Crippen LogP contribution in [0.5, 0.6) is 0 Å². The van der Waals surface area contributed by atoms with Crippen LogP contribution in [0.4, 0.5) is 13.2 Å². The van der Waals surface area contributed by atoms with Gasteiger partial charge >= 0.3 is 6.18 Å². The van der Waals surface area contributed by atoms with E-state index < -0.39 is 23.4 Å². The molecule has 0 unspecified atom stereocenters. The quantitative estimate of drug-likeness (QED) is 0.452. The lowest BCUT2D eigenvalue weighted by molar-refractivity contribution is -0.194. The van der Waals surface area contributed by atoms with Gasteiger partial charge in [0.25, 0.3) is 0 Å². The van der Waals surface area contributed by atoms with Gasteiger partial charge in [0, 0.05) is 42.7 Å². The zero-order chi connectivity index (χ0) is 24.5. The van der Waals surface area contributed by atoms with Crippen molar-refractivity contribution < 1.29 is 18.0 Å². The number of aromatic amines is 1. The summed E-state index contributed by atoms with van der Waals surface area (Å²) >= 11 is 6.55. The van der Waals surface area contributed by atoms with Gasteiger partial charge in [-0.05, 0) is 62.7 Å². The zero-order valence-corrected chi connectivity index (χ0v) is 19.7. The van der Waals surface area contributed by atoms with Crippen LogP contribution in [0.1, 0.15) is 36.3 Å². The minimum absolute atomic E-state index is 0.0338. The fraction of sp³-hybridized carbons (Fsp3) is 0.458. The van der Waals surface area contributed by atoms with E-state index in [1.165, 1.54) is 12.4 Å². The summed E-state index contributed by atoms with van der Waals surface area (Å²) in [6.45, 7) is 0.285. The Balaban J connectivity index is 1.45. The van der Waals surface area contributed by atoms with Crippen LogP contribution in [0.3, 0.4) is 0 Å². The highest BCUT2D eigenvalue weighted by molar-refractivity contribution is 6.36. The molecule has 1 aliphatic rings. The monoisotopic (exact) mass is 493 g/mol. The van der Waals surface area contributed by atoms with Crippen molar-refractivity contribution in [2.24, 2.45) is 5.41 Å². The average Bonchev–Trinajstić information content (AvgIpc) is 3.47. The van der Waals surface area contributed by atoms with Crippen molar-refractivity contribution in [3.63, 3.8) is 0 Å². The number of alkyl halides is 3. The molecule has 10 heteroatoms. The first-order chi connectivity index (χ1) is 16.1. The highest BCUT2D eigenvalue weighted by Crippen LogP contribution is 2.66. The van der Waals surface area contributed by atoms with Gasteiger partial charge in [0.1, 0.15) is 0 Å². The maximum absolute atomic E-state index is 13.9. The van der Waals surface area contributed by atoms with E-state index >= 15 is 0 Å². The first kappa shape index (κ1) is 24.5. The number of rotatable bonds is 9. The summed E-state index contributed by atoms with van der Waals surface area (Å²) in [4.78, 5) is 18.7. The summed E-state index contributed by atoms with van der Waals surface area (Å²) in [6, 6.07) is 6.87. The smallest absolute Gasteiger partial charge is 0.355 e. The Kier molecular flexibility index (Phi) is 6.87. The fourth-order valence-corrected chi connectivity index (χ4v) is 4.85. The van der Waals surface area contributed by atoms with Gasteiger partial charge in [-0.25, -0.2) is 0 Å². The second-order valence-corrected chi connectivity index (χ2v) is 9.56. The molecule has 1 fully saturated rings. The Hall–Kier alpha value is -2.65. The summed E-state index contributed by atoms with van der Waals surface area (Å²) in [5.74, 6) is -1.34. The molecule has 3 aromatic rings. The van der Waals surface area contributed by atoms with Gasteiger partial charge in [-0.15, -0.1) is 0 Å². The normalized spacial score (nSPS) is 17.0. The number of amides is 1. The van der Waals surface area contributed by atoms with E-state index in [4.69, 9.17) is 11.6 Å². The number of hydrogen-bond acceptors (Lipinski definition) is 4. The van der Waals surface area contributed by atoms with E-state index in [9.17, 15) is 18.0 Å². The van der Waals surface area contributed by atoms with Crippen LogP contribution in [-0.4, -0.2) is 58.8 Å². The van der Waals surface area contributed by atoms with E-state index in [1.807, 2.05) is 31.1 Å². The molecule has 1 amide bonds. The number of carbonyl (C=O) groups is 1. The van der Waals surface area contributed by atoms with Crippen molar-refractivity contribution in [1.82, 2.24) is 25.4 Å². The van der Waals surface area contributed by atoms with E-state index in [2.05, 4.69) is 20.5 Å². The van der Waals surface area contributed by atoms with Crippen LogP contribution >= 0.6 is 11.6 Å². The lowest BCUT2D eigenvalue weighted by Gasteiger charge is -2.30. The third-order valence-corrected chi connectivity index (χ3v) is 7.32. The molecule has 1 aromatic carbocycles. The van der Waals surface area contributed by atoms with Crippen LogP contribution in [-0.2, 0) is 11.2 Å². The molecular weight excluding hydrogens is 467 g/mol. The lowest BCUT2D eigenvalue weighted by atomic mass is 9.80. The Bertz CT molecular complexity index is 1140. The van der Waals surface area contributed by atoms with Crippen molar-refractivity contribution in [3.05, 3.63) is 59.0 Å². The molecule has 1 aliphatic carbocycles. The molecule has 0 aliphatic heterocycles. The number of nitrogens with zero attached hydrogens (tertiary/aromatic N) is 3. The molecule has 2 N–H and O–H groups in total. The molecule has 4 rings (SSSR count). The fourth-order valence-electron chi connectivity index (χ4n) is 4.56. The van der Waals surface area contributed by atoms with E-state index in [0.717, 1.165) is 16.5 Å². The third kappa shape index (κ3) is 4.90. The Morgan fingerprint density at radius 3 is 2.56 bits per heavy atom. The standard InChI is InChI=1S/C24H27ClF3N5O/c1-33(2)17(11-16-3-4-20-18(22(16)25)14-31-32-20)13-30-21(34)12-19(15-5-9-29-10-6-15)23(7-8-23)24(26,27)28/h3-6,9-10,14,17,19H,7-8,11-13H2,1-2H3,(H,30,34)(H,31,32)/t17-,19-/m0/s1. The number of carbonyl (C=O) groups excluding carboxylic acids is 1. The Labute approximate surface area is 200 Å². The van der Waals surface area contributed by atoms with Crippen molar-refractivity contribution >= 4 is 28.4 Å². The number of hydrogen-bond donors (Lipinski definition) is 2. The predicted molar refractivity (Wildman–Crippen MR) is 125 cm³/mol. The number of halogens is 4. The maximum atomic E-state index is 13.9. The number of pyridine rings is 1. The summed E-state index contributed by atoms with van der Waals surface area (Å²) in [6.07, 6.45) is 0.638.